The molecule has 1 aromatic carbocycles. The second-order valence-corrected chi connectivity index (χ2v) is 4.49. The van der Waals surface area contributed by atoms with Crippen molar-refractivity contribution in [3.8, 4) is 0 Å². The zero-order valence-corrected chi connectivity index (χ0v) is 10.3. The fourth-order valence-electron chi connectivity index (χ4n) is 2.05. The smallest absolute Gasteiger partial charge is 0.184 e. The largest absolute Gasteiger partial charge is 0.394 e. The lowest BCUT2D eigenvalue weighted by Crippen LogP contribution is -2.42. The third kappa shape index (κ3) is 3.30. The molecule has 4 N–H and O–H groups in total. The van der Waals surface area contributed by atoms with Crippen molar-refractivity contribution in [3.63, 3.8) is 0 Å². The van der Waals surface area contributed by atoms with E-state index in [9.17, 15) is 15.3 Å². The van der Waals surface area contributed by atoms with E-state index >= 15 is 0 Å². The SMILES string of the molecule is OC[C@@H](O)[C@H]1OC(O)[C@H](O)[C@@H]1OCc1ccccc1. The minimum absolute atomic E-state index is 0.216. The maximum atomic E-state index is 9.76. The van der Waals surface area contributed by atoms with Gasteiger partial charge >= 0.3 is 0 Å². The van der Waals surface area contributed by atoms with Gasteiger partial charge in [-0.05, 0) is 5.56 Å². The lowest BCUT2D eigenvalue weighted by molar-refractivity contribution is -0.151. The molecule has 6 nitrogen and oxygen atoms in total. The van der Waals surface area contributed by atoms with E-state index in [4.69, 9.17) is 14.6 Å². The zero-order chi connectivity index (χ0) is 13.8. The van der Waals surface area contributed by atoms with E-state index in [1.807, 2.05) is 30.3 Å². The van der Waals surface area contributed by atoms with Gasteiger partial charge in [-0.1, -0.05) is 30.3 Å². The van der Waals surface area contributed by atoms with Crippen LogP contribution in [0.2, 0.25) is 0 Å². The van der Waals surface area contributed by atoms with E-state index in [1.54, 1.807) is 0 Å². The molecule has 0 radical (unpaired) electrons. The average molecular weight is 270 g/mol. The van der Waals surface area contributed by atoms with Crippen molar-refractivity contribution in [1.82, 2.24) is 0 Å². The van der Waals surface area contributed by atoms with Crippen LogP contribution in [-0.2, 0) is 16.1 Å². The fraction of sp³-hybridized carbons (Fsp3) is 0.538. The van der Waals surface area contributed by atoms with Crippen LogP contribution in [0.1, 0.15) is 5.56 Å². The van der Waals surface area contributed by atoms with Gasteiger partial charge in [0.25, 0.3) is 0 Å². The van der Waals surface area contributed by atoms with Crippen LogP contribution in [0.4, 0.5) is 0 Å². The second-order valence-electron chi connectivity index (χ2n) is 4.49. The highest BCUT2D eigenvalue weighted by Gasteiger charge is 2.46. The summed E-state index contributed by atoms with van der Waals surface area (Å²) in [5.41, 5.74) is 0.897. The molecule has 1 aliphatic heterocycles. The summed E-state index contributed by atoms with van der Waals surface area (Å²) in [6.07, 6.45) is -5.74. The zero-order valence-electron chi connectivity index (χ0n) is 10.3. The molecule has 0 spiro atoms. The summed E-state index contributed by atoms with van der Waals surface area (Å²) in [6, 6.07) is 9.30. The monoisotopic (exact) mass is 270 g/mol. The summed E-state index contributed by atoms with van der Waals surface area (Å²) in [4.78, 5) is 0. The Morgan fingerprint density at radius 1 is 1.21 bits per heavy atom. The molecule has 106 valence electrons. The maximum absolute atomic E-state index is 9.76. The molecule has 0 saturated carbocycles. The molecule has 19 heavy (non-hydrogen) atoms. The standard InChI is InChI=1S/C13H18O6/c14-6-9(15)11-12(10(16)13(17)19-11)18-7-8-4-2-1-3-5-8/h1-5,9-17H,6-7H2/t9-,10-,11-,12+,13?/m1/s1. The summed E-state index contributed by atoms with van der Waals surface area (Å²) in [6.45, 7) is -0.317. The normalized spacial score (nSPS) is 32.4. The lowest BCUT2D eigenvalue weighted by atomic mass is 10.1. The molecular weight excluding hydrogens is 252 g/mol. The van der Waals surface area contributed by atoms with Crippen molar-refractivity contribution in [2.45, 2.75) is 37.3 Å². The predicted octanol–water partition coefficient (Wildman–Crippen LogP) is -0.997. The van der Waals surface area contributed by atoms with Crippen molar-refractivity contribution >= 4 is 0 Å². The molecular formula is C13H18O6. The Hall–Kier alpha value is -1.02. The number of benzene rings is 1. The molecule has 2 rings (SSSR count). The van der Waals surface area contributed by atoms with Crippen LogP contribution in [-0.4, -0.2) is 57.7 Å². The molecule has 5 atom stereocenters. The van der Waals surface area contributed by atoms with Crippen LogP contribution in [0.5, 0.6) is 0 Å². The average Bonchev–Trinajstić information content (AvgIpc) is 2.73. The number of hydrogen-bond donors (Lipinski definition) is 4. The molecule has 1 unspecified atom stereocenters. The van der Waals surface area contributed by atoms with E-state index in [0.29, 0.717) is 0 Å². The number of ether oxygens (including phenoxy) is 2. The van der Waals surface area contributed by atoms with E-state index in [0.717, 1.165) is 5.56 Å². The van der Waals surface area contributed by atoms with Crippen molar-refractivity contribution in [1.29, 1.82) is 0 Å². The van der Waals surface area contributed by atoms with Gasteiger partial charge in [-0.2, -0.15) is 0 Å². The van der Waals surface area contributed by atoms with Crippen LogP contribution in [0, 0.1) is 0 Å². The van der Waals surface area contributed by atoms with Gasteiger partial charge in [-0.25, -0.2) is 0 Å². The molecule has 1 fully saturated rings. The quantitative estimate of drug-likeness (QED) is 0.548. The number of rotatable bonds is 5. The van der Waals surface area contributed by atoms with Gasteiger partial charge in [0, 0.05) is 0 Å². The van der Waals surface area contributed by atoms with Gasteiger partial charge in [0.1, 0.15) is 24.4 Å². The Labute approximate surface area is 110 Å². The van der Waals surface area contributed by atoms with Gasteiger partial charge in [-0.15, -0.1) is 0 Å². The molecule has 1 heterocycles. The third-order valence-corrected chi connectivity index (χ3v) is 3.10. The van der Waals surface area contributed by atoms with E-state index < -0.39 is 37.3 Å². The second kappa shape index (κ2) is 6.42. The molecule has 1 aliphatic rings. The minimum atomic E-state index is -1.42. The molecule has 0 aliphatic carbocycles. The number of aliphatic hydroxyl groups excluding tert-OH is 4. The van der Waals surface area contributed by atoms with Crippen LogP contribution in [0.3, 0.4) is 0 Å². The number of aliphatic hydroxyl groups is 4. The minimum Gasteiger partial charge on any atom is -0.394 e. The molecule has 1 aromatic rings. The summed E-state index contributed by atoms with van der Waals surface area (Å²) in [5, 5.41) is 37.7. The van der Waals surface area contributed by atoms with Crippen LogP contribution < -0.4 is 0 Å². The van der Waals surface area contributed by atoms with Crippen molar-refractivity contribution in [3.05, 3.63) is 35.9 Å². The van der Waals surface area contributed by atoms with Crippen molar-refractivity contribution in [2.75, 3.05) is 6.61 Å². The first-order valence-corrected chi connectivity index (χ1v) is 6.09. The molecule has 0 aromatic heterocycles. The molecule has 1 saturated heterocycles. The van der Waals surface area contributed by atoms with Crippen LogP contribution in [0.15, 0.2) is 30.3 Å². The van der Waals surface area contributed by atoms with Gasteiger partial charge < -0.3 is 29.9 Å². The first kappa shape index (κ1) is 14.4. The summed E-state index contributed by atoms with van der Waals surface area (Å²) < 4.78 is 10.5. The fourth-order valence-corrected chi connectivity index (χ4v) is 2.05. The third-order valence-electron chi connectivity index (χ3n) is 3.10. The Kier molecular flexibility index (Phi) is 4.87. The van der Waals surface area contributed by atoms with Gasteiger partial charge in [0.2, 0.25) is 0 Å². The van der Waals surface area contributed by atoms with Crippen LogP contribution >= 0.6 is 0 Å². The Morgan fingerprint density at radius 2 is 1.89 bits per heavy atom. The summed E-state index contributed by atoms with van der Waals surface area (Å²) in [7, 11) is 0. The van der Waals surface area contributed by atoms with Gasteiger partial charge in [0.15, 0.2) is 6.29 Å². The van der Waals surface area contributed by atoms with Crippen molar-refractivity contribution in [2.24, 2.45) is 0 Å². The highest BCUT2D eigenvalue weighted by atomic mass is 16.7. The van der Waals surface area contributed by atoms with E-state index in [1.165, 1.54) is 0 Å². The highest BCUT2D eigenvalue weighted by molar-refractivity contribution is 5.13. The molecule has 0 amide bonds. The van der Waals surface area contributed by atoms with Crippen LogP contribution in [0.25, 0.3) is 0 Å². The predicted molar refractivity (Wildman–Crippen MR) is 65.0 cm³/mol. The molecule has 0 bridgehead atoms. The van der Waals surface area contributed by atoms with E-state index in [2.05, 4.69) is 0 Å². The number of hydrogen-bond acceptors (Lipinski definition) is 6. The van der Waals surface area contributed by atoms with Gasteiger partial charge in [-0.3, -0.25) is 0 Å². The Balaban J connectivity index is 1.99. The van der Waals surface area contributed by atoms with E-state index in [-0.39, 0.29) is 6.61 Å². The Morgan fingerprint density at radius 3 is 2.53 bits per heavy atom. The molecule has 6 heteroatoms. The highest BCUT2D eigenvalue weighted by Crippen LogP contribution is 2.25. The maximum Gasteiger partial charge on any atom is 0.184 e. The van der Waals surface area contributed by atoms with Gasteiger partial charge in [0.05, 0.1) is 13.2 Å². The summed E-state index contributed by atoms with van der Waals surface area (Å²) >= 11 is 0. The summed E-state index contributed by atoms with van der Waals surface area (Å²) in [5.74, 6) is 0. The first-order valence-electron chi connectivity index (χ1n) is 6.09. The van der Waals surface area contributed by atoms with Crippen molar-refractivity contribution < 1.29 is 29.9 Å². The topological polar surface area (TPSA) is 99.4 Å². The lowest BCUT2D eigenvalue weighted by Gasteiger charge is -2.23. The first-order chi connectivity index (χ1) is 9.13. The Bertz CT molecular complexity index is 384.